The first-order chi connectivity index (χ1) is 20.4. The third-order valence-electron chi connectivity index (χ3n) is 6.60. The molecular weight excluding hydrogens is 535 g/mol. The van der Waals surface area contributed by atoms with Crippen molar-refractivity contribution in [3.05, 3.63) is 126 Å². The van der Waals surface area contributed by atoms with Crippen molar-refractivity contribution in [3.63, 3.8) is 0 Å². The molecule has 5 aromatic rings. The lowest BCUT2D eigenvalue weighted by molar-refractivity contribution is -0.117. The number of hydrogen-bond acceptors (Lipinski definition) is 5. The molecule has 5 rings (SSSR count). The van der Waals surface area contributed by atoms with E-state index in [9.17, 15) is 14.0 Å². The van der Waals surface area contributed by atoms with E-state index in [2.05, 4.69) is 5.32 Å². The molecule has 9 heteroatoms. The van der Waals surface area contributed by atoms with Gasteiger partial charge in [0.25, 0.3) is 5.91 Å². The van der Waals surface area contributed by atoms with Crippen LogP contribution in [0.5, 0.6) is 11.5 Å². The third kappa shape index (κ3) is 6.47. The molecule has 0 fully saturated rings. The fraction of sp³-hybridized carbons (Fsp3) is 0.121. The summed E-state index contributed by atoms with van der Waals surface area (Å²) in [4.78, 5) is 33.1. The Balaban J connectivity index is 1.46. The largest absolute Gasteiger partial charge is 0.493 e. The minimum atomic E-state index is -0.451. The lowest BCUT2D eigenvalue weighted by atomic mass is 10.1. The quantitative estimate of drug-likeness (QED) is 0.226. The van der Waals surface area contributed by atoms with Crippen molar-refractivity contribution in [1.82, 2.24) is 14.5 Å². The summed E-state index contributed by atoms with van der Waals surface area (Å²) in [5.41, 5.74) is 3.31. The third-order valence-corrected chi connectivity index (χ3v) is 6.60. The van der Waals surface area contributed by atoms with E-state index in [1.807, 2.05) is 72.9 Å². The molecule has 0 radical (unpaired) electrons. The minimum absolute atomic E-state index is 0.184. The number of amides is 2. The molecule has 0 bridgehead atoms. The van der Waals surface area contributed by atoms with E-state index in [-0.39, 0.29) is 24.6 Å². The highest BCUT2D eigenvalue weighted by Gasteiger charge is 2.22. The Hall–Kier alpha value is -5.44. The van der Waals surface area contributed by atoms with Gasteiger partial charge in [0.2, 0.25) is 11.9 Å². The number of halogens is 1. The van der Waals surface area contributed by atoms with Gasteiger partial charge >= 0.3 is 0 Å². The molecule has 2 amide bonds. The molecule has 1 heterocycles. The standard InChI is InChI=1S/C33H29FN4O4/c1-41-29-18-17-27(19-30(29)42-2)38-21-28(24-11-7-4-8-12-24)35-33(38)36-31(39)22-37(20-23-9-5-3-6-10-23)32(40)25-13-15-26(34)16-14-25/h3-19,21H,20,22H2,1-2H3,(H,35,36,39). The summed E-state index contributed by atoms with van der Waals surface area (Å²) in [6.07, 6.45) is 1.82. The molecule has 1 aromatic heterocycles. The first-order valence-corrected chi connectivity index (χ1v) is 13.2. The summed E-state index contributed by atoms with van der Waals surface area (Å²) < 4.78 is 26.1. The lowest BCUT2D eigenvalue weighted by Crippen LogP contribution is -2.38. The summed E-state index contributed by atoms with van der Waals surface area (Å²) >= 11 is 0. The normalized spacial score (nSPS) is 10.6. The molecule has 0 aliphatic heterocycles. The maximum absolute atomic E-state index is 13.5. The lowest BCUT2D eigenvalue weighted by Gasteiger charge is -2.22. The zero-order chi connectivity index (χ0) is 29.5. The van der Waals surface area contributed by atoms with Gasteiger partial charge < -0.3 is 14.4 Å². The fourth-order valence-corrected chi connectivity index (χ4v) is 4.50. The number of benzene rings is 4. The number of hydrogen-bond donors (Lipinski definition) is 1. The van der Waals surface area contributed by atoms with Crippen LogP contribution in [0, 0.1) is 5.82 Å². The monoisotopic (exact) mass is 564 g/mol. The van der Waals surface area contributed by atoms with Crippen LogP contribution >= 0.6 is 0 Å². The van der Waals surface area contributed by atoms with Crippen LogP contribution in [-0.4, -0.2) is 47.0 Å². The number of carbonyl (C=O) groups is 2. The number of methoxy groups -OCH3 is 2. The van der Waals surface area contributed by atoms with Crippen molar-refractivity contribution in [1.29, 1.82) is 0 Å². The van der Waals surface area contributed by atoms with Crippen LogP contribution in [0.2, 0.25) is 0 Å². The van der Waals surface area contributed by atoms with Crippen molar-refractivity contribution in [2.75, 3.05) is 26.1 Å². The zero-order valence-corrected chi connectivity index (χ0v) is 23.2. The number of anilines is 1. The average Bonchev–Trinajstić information content (AvgIpc) is 3.44. The predicted molar refractivity (Wildman–Crippen MR) is 158 cm³/mol. The Labute approximate surface area is 243 Å². The number of aromatic nitrogens is 2. The van der Waals surface area contributed by atoms with E-state index in [0.717, 1.165) is 11.1 Å². The van der Waals surface area contributed by atoms with Gasteiger partial charge in [-0.1, -0.05) is 60.7 Å². The molecule has 0 saturated heterocycles. The van der Waals surface area contributed by atoms with Crippen LogP contribution in [-0.2, 0) is 11.3 Å². The number of nitrogens with one attached hydrogen (secondary N) is 1. The van der Waals surface area contributed by atoms with Crippen molar-refractivity contribution in [3.8, 4) is 28.4 Å². The van der Waals surface area contributed by atoms with Gasteiger partial charge in [-0.05, 0) is 42.0 Å². The van der Waals surface area contributed by atoms with Gasteiger partial charge in [0.05, 0.1) is 25.6 Å². The summed E-state index contributed by atoms with van der Waals surface area (Å²) in [6, 6.07) is 29.6. The Morgan fingerprint density at radius 3 is 2.19 bits per heavy atom. The molecule has 0 atom stereocenters. The molecule has 1 N–H and O–H groups in total. The van der Waals surface area contributed by atoms with Crippen molar-refractivity contribution in [2.45, 2.75) is 6.54 Å². The van der Waals surface area contributed by atoms with E-state index in [1.165, 1.54) is 29.2 Å². The van der Waals surface area contributed by atoms with E-state index < -0.39 is 17.6 Å². The maximum Gasteiger partial charge on any atom is 0.254 e. The van der Waals surface area contributed by atoms with Crippen LogP contribution < -0.4 is 14.8 Å². The van der Waals surface area contributed by atoms with Crippen molar-refractivity contribution < 1.29 is 23.5 Å². The number of nitrogens with zero attached hydrogens (tertiary/aromatic N) is 3. The second-order valence-corrected chi connectivity index (χ2v) is 9.43. The van der Waals surface area contributed by atoms with E-state index >= 15 is 0 Å². The van der Waals surface area contributed by atoms with Crippen LogP contribution in [0.15, 0.2) is 109 Å². The molecule has 0 spiro atoms. The molecule has 0 saturated carbocycles. The first kappa shape index (κ1) is 28.1. The smallest absolute Gasteiger partial charge is 0.254 e. The van der Waals surface area contributed by atoms with Gasteiger partial charge in [0.1, 0.15) is 12.4 Å². The van der Waals surface area contributed by atoms with Crippen LogP contribution in [0.25, 0.3) is 16.9 Å². The van der Waals surface area contributed by atoms with Crippen LogP contribution in [0.1, 0.15) is 15.9 Å². The zero-order valence-electron chi connectivity index (χ0n) is 23.2. The highest BCUT2D eigenvalue weighted by atomic mass is 19.1. The van der Waals surface area contributed by atoms with Crippen molar-refractivity contribution in [2.24, 2.45) is 0 Å². The minimum Gasteiger partial charge on any atom is -0.493 e. The Kier molecular flexibility index (Phi) is 8.58. The molecule has 0 unspecified atom stereocenters. The Bertz CT molecular complexity index is 1670. The van der Waals surface area contributed by atoms with Gasteiger partial charge in [-0.2, -0.15) is 0 Å². The van der Waals surface area contributed by atoms with E-state index in [1.54, 1.807) is 30.9 Å². The molecule has 8 nitrogen and oxygen atoms in total. The summed E-state index contributed by atoms with van der Waals surface area (Å²) in [5.74, 6) is 0.0397. The second-order valence-electron chi connectivity index (χ2n) is 9.43. The van der Waals surface area contributed by atoms with Gasteiger partial charge in [-0.15, -0.1) is 0 Å². The SMILES string of the molecule is COc1ccc(-n2cc(-c3ccccc3)nc2NC(=O)CN(Cc2ccccc2)C(=O)c2ccc(F)cc2)cc1OC. The topological polar surface area (TPSA) is 85.7 Å². The van der Waals surface area contributed by atoms with E-state index in [0.29, 0.717) is 22.9 Å². The second kappa shape index (κ2) is 12.8. The molecule has 212 valence electrons. The van der Waals surface area contributed by atoms with Gasteiger partial charge in [0, 0.05) is 29.9 Å². The Morgan fingerprint density at radius 1 is 0.857 bits per heavy atom. The highest BCUT2D eigenvalue weighted by Crippen LogP contribution is 2.32. The molecule has 4 aromatic carbocycles. The summed E-state index contributed by atoms with van der Waals surface area (Å²) in [7, 11) is 3.11. The van der Waals surface area contributed by atoms with Crippen LogP contribution in [0.4, 0.5) is 10.3 Å². The Morgan fingerprint density at radius 2 is 1.52 bits per heavy atom. The van der Waals surface area contributed by atoms with Gasteiger partial charge in [-0.3, -0.25) is 19.5 Å². The maximum atomic E-state index is 13.5. The number of imidazole rings is 1. The first-order valence-electron chi connectivity index (χ1n) is 13.2. The molecule has 0 aliphatic carbocycles. The number of carbonyl (C=O) groups excluding carboxylic acids is 2. The van der Waals surface area contributed by atoms with Gasteiger partial charge in [0.15, 0.2) is 11.5 Å². The van der Waals surface area contributed by atoms with E-state index in [4.69, 9.17) is 14.5 Å². The molecule has 0 aliphatic rings. The molecule has 42 heavy (non-hydrogen) atoms. The number of rotatable bonds is 10. The molecular formula is C33H29FN4O4. The predicted octanol–water partition coefficient (Wildman–Crippen LogP) is 5.98. The number of ether oxygens (including phenoxy) is 2. The highest BCUT2D eigenvalue weighted by molar-refractivity contribution is 5.99. The van der Waals surface area contributed by atoms with Crippen LogP contribution in [0.3, 0.4) is 0 Å². The summed E-state index contributed by atoms with van der Waals surface area (Å²) in [5, 5.41) is 2.88. The summed E-state index contributed by atoms with van der Waals surface area (Å²) in [6.45, 7) is -0.0750. The van der Waals surface area contributed by atoms with Crippen molar-refractivity contribution >= 4 is 17.8 Å². The van der Waals surface area contributed by atoms with Gasteiger partial charge in [-0.25, -0.2) is 9.37 Å². The fourth-order valence-electron chi connectivity index (χ4n) is 4.50. The average molecular weight is 565 g/mol.